The van der Waals surface area contributed by atoms with Crippen molar-refractivity contribution < 1.29 is 4.79 Å². The van der Waals surface area contributed by atoms with Gasteiger partial charge in [-0.1, -0.05) is 12.1 Å². The topological polar surface area (TPSA) is 44.4 Å². The molecule has 0 aromatic heterocycles. The Morgan fingerprint density at radius 3 is 3.12 bits per heavy atom. The molecule has 0 radical (unpaired) electrons. The molecule has 0 spiro atoms. The summed E-state index contributed by atoms with van der Waals surface area (Å²) in [6.07, 6.45) is 1.05. The highest BCUT2D eigenvalue weighted by molar-refractivity contribution is 5.83. The number of anilines is 2. The Balaban J connectivity index is 2.22. The summed E-state index contributed by atoms with van der Waals surface area (Å²) in [6.45, 7) is 2.30. The Bertz CT molecular complexity index is 378. The maximum atomic E-state index is 11.4. The number of nitrogens with zero attached hydrogens (tertiary/aromatic N) is 1. The van der Waals surface area contributed by atoms with Crippen molar-refractivity contribution in [2.24, 2.45) is 0 Å². The van der Waals surface area contributed by atoms with E-state index in [-0.39, 0.29) is 5.91 Å². The number of nitrogens with one attached hydrogen (secondary N) is 2. The number of fused-ring (bicyclic) bond motifs is 1. The van der Waals surface area contributed by atoms with E-state index in [0.717, 1.165) is 30.9 Å². The van der Waals surface area contributed by atoms with Crippen LogP contribution >= 0.6 is 0 Å². The predicted octanol–water partition coefficient (Wildman–Crippen LogP) is 1.05. The van der Waals surface area contributed by atoms with E-state index in [1.54, 1.807) is 7.05 Å². The van der Waals surface area contributed by atoms with Crippen LogP contribution in [0.4, 0.5) is 11.4 Å². The van der Waals surface area contributed by atoms with Gasteiger partial charge in [0.1, 0.15) is 0 Å². The maximum absolute atomic E-state index is 11.4. The molecule has 1 heterocycles. The van der Waals surface area contributed by atoms with Crippen LogP contribution in [-0.2, 0) is 4.79 Å². The summed E-state index contributed by atoms with van der Waals surface area (Å²) < 4.78 is 0. The number of rotatable bonds is 2. The van der Waals surface area contributed by atoms with Crippen LogP contribution in [-0.4, -0.2) is 32.6 Å². The van der Waals surface area contributed by atoms with Crippen LogP contribution < -0.4 is 15.5 Å². The average Bonchev–Trinajstić information content (AvgIpc) is 2.52. The third kappa shape index (κ3) is 2.27. The molecule has 2 rings (SSSR count). The number of amides is 1. The third-order valence-electron chi connectivity index (χ3n) is 2.78. The summed E-state index contributed by atoms with van der Waals surface area (Å²) in [5.41, 5.74) is 2.23. The summed E-state index contributed by atoms with van der Waals surface area (Å²) in [6, 6.07) is 8.12. The van der Waals surface area contributed by atoms with Crippen LogP contribution in [0.1, 0.15) is 6.42 Å². The van der Waals surface area contributed by atoms with Crippen molar-refractivity contribution in [3.05, 3.63) is 24.3 Å². The molecule has 1 aromatic carbocycles. The summed E-state index contributed by atoms with van der Waals surface area (Å²) in [5, 5.41) is 6.04. The second-order valence-electron chi connectivity index (χ2n) is 3.89. The van der Waals surface area contributed by atoms with E-state index >= 15 is 0 Å². The largest absolute Gasteiger partial charge is 0.383 e. The van der Waals surface area contributed by atoms with Crippen LogP contribution in [0.3, 0.4) is 0 Å². The summed E-state index contributed by atoms with van der Waals surface area (Å²) >= 11 is 0. The Morgan fingerprint density at radius 1 is 1.50 bits per heavy atom. The number of para-hydroxylation sites is 2. The van der Waals surface area contributed by atoms with E-state index in [2.05, 4.69) is 27.7 Å². The molecule has 0 unspecified atom stereocenters. The Hall–Kier alpha value is -1.71. The fourth-order valence-electron chi connectivity index (χ4n) is 1.93. The average molecular weight is 219 g/mol. The van der Waals surface area contributed by atoms with Gasteiger partial charge in [0.05, 0.1) is 17.9 Å². The first-order chi connectivity index (χ1) is 7.81. The first-order valence-electron chi connectivity index (χ1n) is 5.59. The normalized spacial score (nSPS) is 14.7. The van der Waals surface area contributed by atoms with Crippen LogP contribution in [0, 0.1) is 0 Å². The Morgan fingerprint density at radius 2 is 2.31 bits per heavy atom. The first kappa shape index (κ1) is 10.8. The van der Waals surface area contributed by atoms with Gasteiger partial charge in [-0.2, -0.15) is 0 Å². The van der Waals surface area contributed by atoms with Crippen molar-refractivity contribution in [1.82, 2.24) is 5.32 Å². The lowest BCUT2D eigenvalue weighted by Crippen LogP contribution is -2.36. The van der Waals surface area contributed by atoms with E-state index in [0.29, 0.717) is 6.54 Å². The van der Waals surface area contributed by atoms with Crippen LogP contribution in [0.2, 0.25) is 0 Å². The van der Waals surface area contributed by atoms with Gasteiger partial charge in [0.2, 0.25) is 5.91 Å². The number of hydrogen-bond donors (Lipinski definition) is 2. The zero-order valence-electron chi connectivity index (χ0n) is 9.49. The molecular formula is C12H17N3O. The van der Waals surface area contributed by atoms with Gasteiger partial charge < -0.3 is 15.5 Å². The molecule has 0 fully saturated rings. The molecule has 1 aliphatic rings. The van der Waals surface area contributed by atoms with Gasteiger partial charge in [0, 0.05) is 20.1 Å². The molecule has 2 N–H and O–H groups in total. The smallest absolute Gasteiger partial charge is 0.239 e. The molecule has 0 saturated carbocycles. The van der Waals surface area contributed by atoms with Gasteiger partial charge >= 0.3 is 0 Å². The molecule has 0 saturated heterocycles. The standard InChI is InChI=1S/C12H17N3O/c1-13-12(16)9-15-8-4-7-14-10-5-2-3-6-11(10)15/h2-3,5-6,14H,4,7-9H2,1H3,(H,13,16). The lowest BCUT2D eigenvalue weighted by atomic mass is 10.2. The Kier molecular flexibility index (Phi) is 3.29. The molecule has 1 aromatic rings. The van der Waals surface area contributed by atoms with E-state index in [9.17, 15) is 4.79 Å². The molecule has 4 nitrogen and oxygen atoms in total. The number of carbonyl (C=O) groups excluding carboxylic acids is 1. The second-order valence-corrected chi connectivity index (χ2v) is 3.89. The van der Waals surface area contributed by atoms with Crippen molar-refractivity contribution in [3.63, 3.8) is 0 Å². The van der Waals surface area contributed by atoms with Gasteiger partial charge in [-0.25, -0.2) is 0 Å². The number of likely N-dealkylation sites (N-methyl/N-ethyl adjacent to an activating group) is 1. The van der Waals surface area contributed by atoms with Gasteiger partial charge in [-0.15, -0.1) is 0 Å². The van der Waals surface area contributed by atoms with Crippen molar-refractivity contribution in [3.8, 4) is 0 Å². The SMILES string of the molecule is CNC(=O)CN1CCCNc2ccccc21. The molecule has 0 aliphatic carbocycles. The molecule has 16 heavy (non-hydrogen) atoms. The fraction of sp³-hybridized carbons (Fsp3) is 0.417. The van der Waals surface area contributed by atoms with E-state index in [1.165, 1.54) is 0 Å². The molecule has 1 aliphatic heterocycles. The van der Waals surface area contributed by atoms with Gasteiger partial charge in [0.25, 0.3) is 0 Å². The number of hydrogen-bond acceptors (Lipinski definition) is 3. The summed E-state index contributed by atoms with van der Waals surface area (Å²) in [7, 11) is 1.67. The predicted molar refractivity (Wildman–Crippen MR) is 65.8 cm³/mol. The minimum Gasteiger partial charge on any atom is -0.383 e. The quantitative estimate of drug-likeness (QED) is 0.781. The first-order valence-corrected chi connectivity index (χ1v) is 5.59. The lowest BCUT2D eigenvalue weighted by Gasteiger charge is -2.23. The van der Waals surface area contributed by atoms with Crippen molar-refractivity contribution in [2.45, 2.75) is 6.42 Å². The zero-order valence-corrected chi connectivity index (χ0v) is 9.49. The highest BCUT2D eigenvalue weighted by atomic mass is 16.1. The summed E-state index contributed by atoms with van der Waals surface area (Å²) in [4.78, 5) is 13.5. The second kappa shape index (κ2) is 4.88. The van der Waals surface area contributed by atoms with Crippen LogP contribution in [0.15, 0.2) is 24.3 Å². The summed E-state index contributed by atoms with van der Waals surface area (Å²) in [5.74, 6) is 0.0525. The van der Waals surface area contributed by atoms with Crippen molar-refractivity contribution >= 4 is 17.3 Å². The van der Waals surface area contributed by atoms with Crippen molar-refractivity contribution in [1.29, 1.82) is 0 Å². The minimum absolute atomic E-state index is 0.0525. The molecule has 86 valence electrons. The molecule has 1 amide bonds. The van der Waals surface area contributed by atoms with Gasteiger partial charge in [0.15, 0.2) is 0 Å². The third-order valence-corrected chi connectivity index (χ3v) is 2.78. The molecule has 0 bridgehead atoms. The zero-order chi connectivity index (χ0) is 11.4. The Labute approximate surface area is 95.6 Å². The maximum Gasteiger partial charge on any atom is 0.239 e. The highest BCUT2D eigenvalue weighted by Crippen LogP contribution is 2.27. The van der Waals surface area contributed by atoms with Crippen LogP contribution in [0.25, 0.3) is 0 Å². The molecular weight excluding hydrogens is 202 g/mol. The highest BCUT2D eigenvalue weighted by Gasteiger charge is 2.16. The fourth-order valence-corrected chi connectivity index (χ4v) is 1.93. The van der Waals surface area contributed by atoms with E-state index in [1.807, 2.05) is 12.1 Å². The number of benzene rings is 1. The minimum atomic E-state index is 0.0525. The lowest BCUT2D eigenvalue weighted by molar-refractivity contribution is -0.119. The monoisotopic (exact) mass is 219 g/mol. The number of carbonyl (C=O) groups is 1. The van der Waals surface area contributed by atoms with Gasteiger partial charge in [-0.3, -0.25) is 4.79 Å². The van der Waals surface area contributed by atoms with E-state index < -0.39 is 0 Å². The van der Waals surface area contributed by atoms with Crippen LogP contribution in [0.5, 0.6) is 0 Å². The van der Waals surface area contributed by atoms with Crippen molar-refractivity contribution in [2.75, 3.05) is 36.9 Å². The van der Waals surface area contributed by atoms with Gasteiger partial charge in [-0.05, 0) is 18.6 Å². The van der Waals surface area contributed by atoms with E-state index in [4.69, 9.17) is 0 Å². The molecule has 4 heteroatoms. The molecule has 0 atom stereocenters.